The van der Waals surface area contributed by atoms with E-state index < -0.39 is 5.97 Å². The normalized spacial score (nSPS) is 10.4. The van der Waals surface area contributed by atoms with Gasteiger partial charge < -0.3 is 14.8 Å². The first kappa shape index (κ1) is 27.6. The van der Waals surface area contributed by atoms with E-state index >= 15 is 0 Å². The number of nitrogens with zero attached hydrogens (tertiary/aromatic N) is 2. The van der Waals surface area contributed by atoms with Gasteiger partial charge in [-0.25, -0.2) is 4.79 Å². The maximum Gasteiger partial charge on any atom is 0.343 e. The molecule has 0 aliphatic heterocycles. The molecule has 0 aliphatic rings. The molecule has 42 heavy (non-hydrogen) atoms. The van der Waals surface area contributed by atoms with E-state index in [4.69, 9.17) is 15.9 Å². The van der Waals surface area contributed by atoms with Gasteiger partial charge in [0.15, 0.2) is 5.78 Å². The lowest BCUT2D eigenvalue weighted by Gasteiger charge is -2.07. The molecular formula is C34H25N3O5. The molecule has 5 aromatic rings. The van der Waals surface area contributed by atoms with Crippen LogP contribution in [0.15, 0.2) is 109 Å². The summed E-state index contributed by atoms with van der Waals surface area (Å²) in [6.45, 7) is 0.253. The average Bonchev–Trinajstić information content (AvgIpc) is 3.40. The molecule has 5 rings (SSSR count). The van der Waals surface area contributed by atoms with Gasteiger partial charge in [0.05, 0.1) is 11.3 Å². The third-order valence-electron chi connectivity index (χ3n) is 6.42. The van der Waals surface area contributed by atoms with Crippen LogP contribution in [0.5, 0.6) is 5.75 Å². The van der Waals surface area contributed by atoms with E-state index in [9.17, 15) is 14.4 Å². The number of aryl methyl sites for hydroxylation is 1. The molecule has 0 fully saturated rings. The lowest BCUT2D eigenvalue weighted by Crippen LogP contribution is -2.14. The van der Waals surface area contributed by atoms with Crippen molar-refractivity contribution in [2.24, 2.45) is 7.05 Å². The third kappa shape index (κ3) is 6.43. The lowest BCUT2D eigenvalue weighted by atomic mass is 10.0. The van der Waals surface area contributed by atoms with E-state index in [1.54, 1.807) is 109 Å². The first-order valence-corrected chi connectivity index (χ1v) is 13.0. The monoisotopic (exact) mass is 555 g/mol. The summed E-state index contributed by atoms with van der Waals surface area (Å²) < 4.78 is 12.1. The highest BCUT2D eigenvalue weighted by molar-refractivity contribution is 6.10. The Morgan fingerprint density at radius 1 is 0.810 bits per heavy atom. The van der Waals surface area contributed by atoms with Gasteiger partial charge in [-0.15, -0.1) is 0 Å². The molecule has 0 bridgehead atoms. The first-order chi connectivity index (χ1) is 20.4. The minimum Gasteiger partial charge on any atom is -0.442 e. The largest absolute Gasteiger partial charge is 0.442 e. The van der Waals surface area contributed by atoms with Gasteiger partial charge >= 0.3 is 5.97 Å². The molecule has 0 radical (unpaired) electrons. The number of ether oxygens (including phenoxy) is 2. The van der Waals surface area contributed by atoms with Crippen molar-refractivity contribution in [1.29, 1.82) is 0 Å². The van der Waals surface area contributed by atoms with Crippen LogP contribution in [0.3, 0.4) is 0 Å². The summed E-state index contributed by atoms with van der Waals surface area (Å²) >= 11 is 0. The summed E-state index contributed by atoms with van der Waals surface area (Å²) in [5, 5.41) is 7.34. The molecule has 8 heteroatoms. The number of rotatable bonds is 9. The summed E-state index contributed by atoms with van der Waals surface area (Å²) in [7, 11) is 1.74. The number of terminal acetylenes is 1. The Morgan fingerprint density at radius 2 is 1.50 bits per heavy atom. The van der Waals surface area contributed by atoms with E-state index in [0.717, 1.165) is 11.1 Å². The quantitative estimate of drug-likeness (QED) is 0.105. The number of esters is 1. The number of amides is 1. The average molecular weight is 556 g/mol. The molecule has 0 aliphatic carbocycles. The summed E-state index contributed by atoms with van der Waals surface area (Å²) in [4.78, 5) is 38.4. The van der Waals surface area contributed by atoms with Crippen molar-refractivity contribution in [3.8, 4) is 29.5 Å². The Kier molecular flexibility index (Phi) is 8.22. The van der Waals surface area contributed by atoms with Crippen molar-refractivity contribution < 1.29 is 23.9 Å². The number of hydrogen-bond acceptors (Lipinski definition) is 6. The number of aromatic nitrogens is 2. The van der Waals surface area contributed by atoms with Crippen molar-refractivity contribution >= 4 is 23.5 Å². The number of benzene rings is 4. The van der Waals surface area contributed by atoms with Gasteiger partial charge in [-0.3, -0.25) is 14.3 Å². The molecule has 206 valence electrons. The van der Waals surface area contributed by atoms with Crippen molar-refractivity contribution in [1.82, 2.24) is 9.78 Å². The van der Waals surface area contributed by atoms with Crippen molar-refractivity contribution in [3.63, 3.8) is 0 Å². The number of carbonyl (C=O) groups excluding carboxylic acids is 3. The zero-order valence-electron chi connectivity index (χ0n) is 22.6. The van der Waals surface area contributed by atoms with Gasteiger partial charge in [-0.05, 0) is 54.1 Å². The summed E-state index contributed by atoms with van der Waals surface area (Å²) in [6, 6.07) is 30.8. The predicted octanol–water partition coefficient (Wildman–Crippen LogP) is 5.90. The number of nitrogens with one attached hydrogen (secondary N) is 1. The highest BCUT2D eigenvalue weighted by Crippen LogP contribution is 2.25. The van der Waals surface area contributed by atoms with E-state index in [0.29, 0.717) is 34.0 Å². The van der Waals surface area contributed by atoms with Crippen LogP contribution in [0.25, 0.3) is 11.3 Å². The van der Waals surface area contributed by atoms with Crippen LogP contribution in [0.4, 0.5) is 5.82 Å². The van der Waals surface area contributed by atoms with Crippen LogP contribution >= 0.6 is 0 Å². The fraction of sp³-hybridized carbons (Fsp3) is 0.0588. The topological polar surface area (TPSA) is 99.5 Å². The maximum atomic E-state index is 13.0. The minimum atomic E-state index is -0.595. The molecule has 4 aromatic carbocycles. The molecule has 1 aromatic heterocycles. The molecule has 0 atom stereocenters. The fourth-order valence-electron chi connectivity index (χ4n) is 4.19. The smallest absolute Gasteiger partial charge is 0.343 e. The SMILES string of the molecule is C#COCc1ccc(C(=O)c2cccc(C(=O)Oc3ccc(-c4cc(NC(=O)c5ccccc5)n(C)n4)cc3)c2)cc1. The Hall–Kier alpha value is -5.94. The van der Waals surface area contributed by atoms with E-state index in [1.807, 2.05) is 6.07 Å². The van der Waals surface area contributed by atoms with Crippen LogP contribution in [0.1, 0.15) is 42.2 Å². The number of carbonyl (C=O) groups is 3. The summed E-state index contributed by atoms with van der Waals surface area (Å²) in [6.07, 6.45) is 7.21. The zero-order valence-corrected chi connectivity index (χ0v) is 22.6. The molecule has 0 saturated heterocycles. The van der Waals surface area contributed by atoms with Gasteiger partial charge in [-0.2, -0.15) is 5.10 Å². The van der Waals surface area contributed by atoms with Crippen molar-refractivity contribution in [2.75, 3.05) is 5.32 Å². The van der Waals surface area contributed by atoms with E-state index in [2.05, 4.69) is 16.5 Å². The molecule has 8 nitrogen and oxygen atoms in total. The van der Waals surface area contributed by atoms with Crippen LogP contribution < -0.4 is 10.1 Å². The number of anilines is 1. The van der Waals surface area contributed by atoms with Crippen molar-refractivity contribution in [2.45, 2.75) is 6.61 Å². The summed E-state index contributed by atoms with van der Waals surface area (Å²) in [5.41, 5.74) is 3.87. The van der Waals surface area contributed by atoms with Gasteiger partial charge in [0, 0.05) is 35.4 Å². The molecule has 0 unspecified atom stereocenters. The van der Waals surface area contributed by atoms with E-state index in [-0.39, 0.29) is 23.9 Å². The molecule has 0 spiro atoms. The molecule has 1 heterocycles. The second-order valence-corrected chi connectivity index (χ2v) is 9.29. The van der Waals surface area contributed by atoms with Crippen LogP contribution in [-0.4, -0.2) is 27.4 Å². The second kappa shape index (κ2) is 12.5. The molecule has 1 amide bonds. The summed E-state index contributed by atoms with van der Waals surface area (Å²) in [5.74, 6) is -0.185. The number of ketones is 1. The van der Waals surface area contributed by atoms with Crippen LogP contribution in [-0.2, 0) is 18.4 Å². The Labute approximate surface area is 242 Å². The van der Waals surface area contributed by atoms with Crippen molar-refractivity contribution in [3.05, 3.63) is 137 Å². The molecule has 0 saturated carbocycles. The Morgan fingerprint density at radius 3 is 2.21 bits per heavy atom. The predicted molar refractivity (Wildman–Crippen MR) is 158 cm³/mol. The van der Waals surface area contributed by atoms with Crippen LogP contribution in [0, 0.1) is 12.5 Å². The Bertz CT molecular complexity index is 1780. The van der Waals surface area contributed by atoms with Gasteiger partial charge in [0.1, 0.15) is 24.3 Å². The molecular weight excluding hydrogens is 530 g/mol. The molecule has 1 N–H and O–H groups in total. The van der Waals surface area contributed by atoms with E-state index in [1.165, 1.54) is 6.07 Å². The Balaban J connectivity index is 1.23. The van der Waals surface area contributed by atoms with Gasteiger partial charge in [0.2, 0.25) is 0 Å². The lowest BCUT2D eigenvalue weighted by molar-refractivity contribution is 0.0734. The van der Waals surface area contributed by atoms with Gasteiger partial charge in [-0.1, -0.05) is 61.0 Å². The third-order valence-corrected chi connectivity index (χ3v) is 6.42. The van der Waals surface area contributed by atoms with Crippen LogP contribution in [0.2, 0.25) is 0 Å². The number of hydrogen-bond donors (Lipinski definition) is 1. The maximum absolute atomic E-state index is 13.0. The highest BCUT2D eigenvalue weighted by Gasteiger charge is 2.15. The highest BCUT2D eigenvalue weighted by atomic mass is 16.5. The second-order valence-electron chi connectivity index (χ2n) is 9.29. The zero-order chi connectivity index (χ0) is 29.5. The minimum absolute atomic E-state index is 0.229. The van der Waals surface area contributed by atoms with Gasteiger partial charge in [0.25, 0.3) is 5.91 Å². The fourth-order valence-corrected chi connectivity index (χ4v) is 4.19. The standard InChI is InChI=1S/C34H25N3O5/c1-3-41-22-23-12-14-25(15-13-23)32(38)27-10-7-11-28(20-27)34(40)42-29-18-16-24(17-19-29)30-21-31(37(2)36-30)35-33(39)26-8-5-4-6-9-26/h1,4-21H,22H2,2H3,(H,35,39). The first-order valence-electron chi connectivity index (χ1n) is 13.0.